The van der Waals surface area contributed by atoms with Crippen LogP contribution in [0.25, 0.3) is 0 Å². The largest absolute Gasteiger partial charge is 0.481 e. The summed E-state index contributed by atoms with van der Waals surface area (Å²) in [5, 5.41) is 8.01. The van der Waals surface area contributed by atoms with Gasteiger partial charge in [0, 0.05) is 6.42 Å². The van der Waals surface area contributed by atoms with Crippen molar-refractivity contribution in [3.63, 3.8) is 0 Å². The Hall–Kier alpha value is -1.72. The molecule has 1 fully saturated rings. The minimum Gasteiger partial charge on any atom is -0.481 e. The van der Waals surface area contributed by atoms with E-state index in [1.54, 1.807) is 0 Å². The summed E-state index contributed by atoms with van der Waals surface area (Å²) in [6.45, 7) is 1.38. The number of carboxylic acid groups (broad SMARTS) is 1. The Labute approximate surface area is 101 Å². The van der Waals surface area contributed by atoms with Crippen molar-refractivity contribution in [2.75, 3.05) is 0 Å². The second-order valence-corrected chi connectivity index (χ2v) is 2.94. The molecule has 0 aromatic carbocycles. The highest BCUT2D eigenvalue weighted by Crippen LogP contribution is 2.03. The van der Waals surface area contributed by atoms with Gasteiger partial charge in [-0.3, -0.25) is 14.4 Å². The first kappa shape index (κ1) is 20.7. The van der Waals surface area contributed by atoms with Crippen LogP contribution in [0.5, 0.6) is 0 Å². The van der Waals surface area contributed by atoms with Crippen LogP contribution in [-0.4, -0.2) is 28.8 Å². The molecule has 1 rings (SSSR count). The molecule has 17 heavy (non-hydrogen) atoms. The van der Waals surface area contributed by atoms with Gasteiger partial charge in [0.15, 0.2) is 0 Å². The molecule has 0 saturated carbocycles. The summed E-state index contributed by atoms with van der Waals surface area (Å²) in [5.41, 5.74) is 0. The summed E-state index contributed by atoms with van der Waals surface area (Å²) >= 11 is 0. The van der Waals surface area contributed by atoms with E-state index in [0.29, 0.717) is 0 Å². The minimum absolute atomic E-state index is 0. The average Bonchev–Trinajstić information content (AvgIpc) is 2.47. The molecule has 0 atom stereocenters. The Morgan fingerprint density at radius 3 is 1.65 bits per heavy atom. The molecular weight excluding hydrogens is 228 g/mol. The van der Waals surface area contributed by atoms with Crippen molar-refractivity contribution < 1.29 is 29.0 Å². The number of hydrogen-bond donors (Lipinski definition) is 1. The zero-order chi connectivity index (χ0) is 11.8. The number of aliphatic carboxylic acids is 1. The van der Waals surface area contributed by atoms with Gasteiger partial charge in [-0.2, -0.15) is 0 Å². The third-order valence-corrected chi connectivity index (χ3v) is 1.45. The standard InChI is InChI=1S/C5H8O3.C4H4O3.2CH4/c1-4(6)2-3-5(7)8;5-3-1-2-4(6)7-3;;/h2-3H2,1H3,(H,7,8);1-2H2;2*1H4. The highest BCUT2D eigenvalue weighted by Gasteiger charge is 2.19. The van der Waals surface area contributed by atoms with Crippen LogP contribution < -0.4 is 0 Å². The lowest BCUT2D eigenvalue weighted by molar-refractivity contribution is -0.152. The van der Waals surface area contributed by atoms with Crippen LogP contribution in [0.2, 0.25) is 0 Å². The monoisotopic (exact) mass is 248 g/mol. The van der Waals surface area contributed by atoms with E-state index in [-0.39, 0.29) is 46.3 Å². The molecule has 1 heterocycles. The number of ketones is 1. The van der Waals surface area contributed by atoms with Crippen LogP contribution >= 0.6 is 0 Å². The third-order valence-electron chi connectivity index (χ3n) is 1.45. The Kier molecular flexibility index (Phi) is 13.1. The first-order valence-electron chi connectivity index (χ1n) is 4.36. The van der Waals surface area contributed by atoms with Gasteiger partial charge in [0.1, 0.15) is 5.78 Å². The van der Waals surface area contributed by atoms with E-state index in [9.17, 15) is 19.2 Å². The number of rotatable bonds is 3. The number of hydrogen-bond acceptors (Lipinski definition) is 5. The fourth-order valence-electron chi connectivity index (χ4n) is 0.716. The van der Waals surface area contributed by atoms with E-state index >= 15 is 0 Å². The molecule has 0 unspecified atom stereocenters. The van der Waals surface area contributed by atoms with Crippen LogP contribution in [0.4, 0.5) is 0 Å². The first-order chi connectivity index (χ1) is 6.91. The van der Waals surface area contributed by atoms with E-state index in [0.717, 1.165) is 0 Å². The molecule has 6 heteroatoms. The second kappa shape index (κ2) is 10.8. The van der Waals surface area contributed by atoms with E-state index < -0.39 is 17.9 Å². The molecule has 0 bridgehead atoms. The average molecular weight is 248 g/mol. The van der Waals surface area contributed by atoms with Crippen molar-refractivity contribution in [1.29, 1.82) is 0 Å². The smallest absolute Gasteiger partial charge is 0.314 e. The van der Waals surface area contributed by atoms with E-state index in [4.69, 9.17) is 5.11 Å². The number of carboxylic acids is 1. The maximum Gasteiger partial charge on any atom is 0.314 e. The summed E-state index contributed by atoms with van der Waals surface area (Å²) in [4.78, 5) is 39.9. The molecule has 6 nitrogen and oxygen atoms in total. The summed E-state index contributed by atoms with van der Waals surface area (Å²) in [5.74, 6) is -1.79. The van der Waals surface area contributed by atoms with E-state index in [1.807, 2.05) is 0 Å². The zero-order valence-corrected chi connectivity index (χ0v) is 8.32. The fourth-order valence-corrected chi connectivity index (χ4v) is 0.716. The van der Waals surface area contributed by atoms with Gasteiger partial charge in [-0.15, -0.1) is 0 Å². The summed E-state index contributed by atoms with van der Waals surface area (Å²) in [6.07, 6.45) is 0.627. The molecule has 1 aliphatic rings. The number of carbonyl (C=O) groups is 4. The second-order valence-electron chi connectivity index (χ2n) is 2.94. The molecular formula is C11H20O6. The van der Waals surface area contributed by atoms with Gasteiger partial charge in [-0.05, 0) is 6.92 Å². The molecule has 0 aromatic heterocycles. The van der Waals surface area contributed by atoms with Crippen LogP contribution in [0, 0.1) is 0 Å². The molecule has 1 N–H and O–H groups in total. The number of ether oxygens (including phenoxy) is 1. The molecule has 0 amide bonds. The van der Waals surface area contributed by atoms with Crippen molar-refractivity contribution >= 4 is 23.7 Å². The SMILES string of the molecule is C.C.CC(=O)CCC(=O)O.O=C1CCC(=O)O1. The van der Waals surface area contributed by atoms with Crippen molar-refractivity contribution in [3.8, 4) is 0 Å². The van der Waals surface area contributed by atoms with Crippen molar-refractivity contribution in [2.24, 2.45) is 0 Å². The van der Waals surface area contributed by atoms with E-state index in [2.05, 4.69) is 4.74 Å². The molecule has 0 spiro atoms. The highest BCUT2D eigenvalue weighted by atomic mass is 16.6. The van der Waals surface area contributed by atoms with Gasteiger partial charge < -0.3 is 14.6 Å². The van der Waals surface area contributed by atoms with Crippen LogP contribution in [-0.2, 0) is 23.9 Å². The number of cyclic esters (lactones) is 2. The molecule has 100 valence electrons. The predicted molar refractivity (Wildman–Crippen MR) is 61.3 cm³/mol. The number of esters is 2. The maximum atomic E-state index is 10.1. The number of carbonyl (C=O) groups excluding carboxylic acids is 3. The highest BCUT2D eigenvalue weighted by molar-refractivity contribution is 5.92. The zero-order valence-electron chi connectivity index (χ0n) is 8.32. The molecule has 0 radical (unpaired) electrons. The topological polar surface area (TPSA) is 97.7 Å². The third kappa shape index (κ3) is 14.3. The van der Waals surface area contributed by atoms with Gasteiger partial charge in [0.05, 0.1) is 19.3 Å². The van der Waals surface area contributed by atoms with Crippen LogP contribution in [0.1, 0.15) is 47.5 Å². The lowest BCUT2D eigenvalue weighted by Gasteiger charge is -1.86. The summed E-state index contributed by atoms with van der Waals surface area (Å²) < 4.78 is 4.08. The first-order valence-corrected chi connectivity index (χ1v) is 4.36. The normalized spacial score (nSPS) is 12.3. The van der Waals surface area contributed by atoms with Crippen LogP contribution in [0.3, 0.4) is 0 Å². The predicted octanol–water partition coefficient (Wildman–Crippen LogP) is 1.56. The van der Waals surface area contributed by atoms with E-state index in [1.165, 1.54) is 6.92 Å². The van der Waals surface area contributed by atoms with Gasteiger partial charge in [0.2, 0.25) is 0 Å². The summed E-state index contributed by atoms with van der Waals surface area (Å²) in [7, 11) is 0. The lowest BCUT2D eigenvalue weighted by Crippen LogP contribution is -1.98. The quantitative estimate of drug-likeness (QED) is 0.601. The fraction of sp³-hybridized carbons (Fsp3) is 0.636. The van der Waals surface area contributed by atoms with Crippen molar-refractivity contribution in [2.45, 2.75) is 47.5 Å². The molecule has 0 aromatic rings. The Morgan fingerprint density at radius 2 is 1.53 bits per heavy atom. The maximum absolute atomic E-state index is 10.1. The molecule has 1 saturated heterocycles. The lowest BCUT2D eigenvalue weighted by atomic mass is 10.2. The molecule has 1 aliphatic heterocycles. The number of Topliss-reactive ketones (excluding diaryl/α,β-unsaturated/α-hetero) is 1. The van der Waals surface area contributed by atoms with Gasteiger partial charge in [0.25, 0.3) is 0 Å². The Balaban J connectivity index is -0.000000207. The van der Waals surface area contributed by atoms with Crippen LogP contribution in [0.15, 0.2) is 0 Å². The summed E-state index contributed by atoms with van der Waals surface area (Å²) in [6, 6.07) is 0. The van der Waals surface area contributed by atoms with Crippen molar-refractivity contribution in [1.82, 2.24) is 0 Å². The minimum atomic E-state index is -0.916. The van der Waals surface area contributed by atoms with Gasteiger partial charge >= 0.3 is 17.9 Å². The van der Waals surface area contributed by atoms with Gasteiger partial charge in [-0.25, -0.2) is 0 Å². The molecule has 0 aliphatic carbocycles. The Morgan fingerprint density at radius 1 is 1.12 bits per heavy atom. The van der Waals surface area contributed by atoms with Crippen molar-refractivity contribution in [3.05, 3.63) is 0 Å². The van der Waals surface area contributed by atoms with Gasteiger partial charge in [-0.1, -0.05) is 14.9 Å². The Bertz CT molecular complexity index is 254.